The molecule has 1 amide bonds. The van der Waals surface area contributed by atoms with Crippen molar-refractivity contribution in [2.45, 2.75) is 0 Å². The number of piperazine rings is 1. The van der Waals surface area contributed by atoms with Crippen LogP contribution in [0.1, 0.15) is 0 Å². The molecule has 1 aromatic rings. The fraction of sp³-hybridized carbons (Fsp3) is 0.286. The van der Waals surface area contributed by atoms with E-state index >= 15 is 0 Å². The van der Waals surface area contributed by atoms with Gasteiger partial charge in [-0.2, -0.15) is 5.26 Å². The number of carbonyl (C=O) groups is 1. The molecule has 0 spiro atoms. The third kappa shape index (κ3) is 3.28. The minimum Gasteiger partial charge on any atom is -0.506 e. The maximum atomic E-state index is 12.1. The van der Waals surface area contributed by atoms with Gasteiger partial charge in [-0.15, -0.1) is 0 Å². The Morgan fingerprint density at radius 1 is 1.40 bits per heavy atom. The number of hydrogen-bond donors (Lipinski definition) is 3. The molecule has 0 aliphatic carbocycles. The Morgan fingerprint density at radius 2 is 2.10 bits per heavy atom. The first-order valence-corrected chi connectivity index (χ1v) is 6.37. The van der Waals surface area contributed by atoms with Crippen LogP contribution in [-0.4, -0.2) is 42.1 Å². The summed E-state index contributed by atoms with van der Waals surface area (Å²) in [6.07, 6.45) is 1.33. The van der Waals surface area contributed by atoms with Gasteiger partial charge in [0.25, 0.3) is 5.91 Å². The van der Waals surface area contributed by atoms with Crippen molar-refractivity contribution in [2.75, 3.05) is 31.5 Å². The Balaban J connectivity index is 2.08. The van der Waals surface area contributed by atoms with Gasteiger partial charge in [-0.3, -0.25) is 4.79 Å². The van der Waals surface area contributed by atoms with Crippen molar-refractivity contribution in [1.82, 2.24) is 10.2 Å². The average Bonchev–Trinajstić information content (AvgIpc) is 2.50. The molecule has 1 aromatic carbocycles. The van der Waals surface area contributed by atoms with Crippen LogP contribution < -0.4 is 10.6 Å². The second-order valence-electron chi connectivity index (χ2n) is 4.37. The first kappa shape index (κ1) is 13.9. The highest BCUT2D eigenvalue weighted by Crippen LogP contribution is 2.21. The van der Waals surface area contributed by atoms with Gasteiger partial charge in [0.1, 0.15) is 17.4 Å². The molecule has 1 saturated heterocycles. The number of hydrogen-bond acceptors (Lipinski definition) is 5. The number of phenols is 1. The lowest BCUT2D eigenvalue weighted by atomic mass is 10.2. The second-order valence-corrected chi connectivity index (χ2v) is 4.37. The summed E-state index contributed by atoms with van der Waals surface area (Å²) in [5, 5.41) is 24.6. The van der Waals surface area contributed by atoms with Crippen LogP contribution in [-0.2, 0) is 4.79 Å². The topological polar surface area (TPSA) is 88.4 Å². The SMILES string of the molecule is N#C/C(=C/Nc1ccccc1O)C(=O)N1CCNCC1. The molecule has 6 nitrogen and oxygen atoms in total. The first-order valence-electron chi connectivity index (χ1n) is 6.37. The molecule has 1 aliphatic heterocycles. The first-order chi connectivity index (χ1) is 9.72. The van der Waals surface area contributed by atoms with E-state index in [1.165, 1.54) is 12.3 Å². The van der Waals surface area contributed by atoms with Gasteiger partial charge >= 0.3 is 0 Å². The van der Waals surface area contributed by atoms with E-state index in [1.54, 1.807) is 23.1 Å². The molecule has 0 unspecified atom stereocenters. The van der Waals surface area contributed by atoms with Gasteiger partial charge in [0.15, 0.2) is 0 Å². The Morgan fingerprint density at radius 3 is 2.75 bits per heavy atom. The quantitative estimate of drug-likeness (QED) is 0.427. The minimum absolute atomic E-state index is 0.0233. The number of rotatable bonds is 3. The second kappa shape index (κ2) is 6.59. The lowest BCUT2D eigenvalue weighted by molar-refractivity contribution is -0.127. The predicted molar refractivity (Wildman–Crippen MR) is 74.9 cm³/mol. The van der Waals surface area contributed by atoms with E-state index < -0.39 is 0 Å². The van der Waals surface area contributed by atoms with Gasteiger partial charge in [-0.1, -0.05) is 12.1 Å². The van der Waals surface area contributed by atoms with Crippen molar-refractivity contribution < 1.29 is 9.90 Å². The van der Waals surface area contributed by atoms with E-state index in [9.17, 15) is 9.90 Å². The summed E-state index contributed by atoms with van der Waals surface area (Å²) >= 11 is 0. The number of nitrogens with zero attached hydrogens (tertiary/aromatic N) is 2. The molecule has 1 fully saturated rings. The molecule has 0 saturated carbocycles. The van der Waals surface area contributed by atoms with Crippen LogP contribution in [0.2, 0.25) is 0 Å². The van der Waals surface area contributed by atoms with Gasteiger partial charge in [-0.05, 0) is 12.1 Å². The zero-order valence-electron chi connectivity index (χ0n) is 11.0. The summed E-state index contributed by atoms with van der Waals surface area (Å²) < 4.78 is 0. The van der Waals surface area contributed by atoms with E-state index in [4.69, 9.17) is 5.26 Å². The monoisotopic (exact) mass is 272 g/mol. The van der Waals surface area contributed by atoms with Gasteiger partial charge in [0.05, 0.1) is 5.69 Å². The number of benzene rings is 1. The number of para-hydroxylation sites is 2. The zero-order chi connectivity index (χ0) is 14.4. The van der Waals surface area contributed by atoms with Crippen LogP contribution in [0, 0.1) is 11.3 Å². The van der Waals surface area contributed by atoms with Crippen LogP contribution in [0.15, 0.2) is 36.0 Å². The van der Waals surface area contributed by atoms with Crippen molar-refractivity contribution in [3.8, 4) is 11.8 Å². The summed E-state index contributed by atoms with van der Waals surface area (Å²) in [6.45, 7) is 2.65. The number of amides is 1. The molecule has 1 heterocycles. The normalized spacial score (nSPS) is 15.6. The Labute approximate surface area is 117 Å². The van der Waals surface area contributed by atoms with Gasteiger partial charge < -0.3 is 20.6 Å². The summed E-state index contributed by atoms with van der Waals surface area (Å²) in [5.74, 6) is -0.229. The molecular weight excluding hydrogens is 256 g/mol. The van der Waals surface area contributed by atoms with Crippen molar-refractivity contribution in [3.63, 3.8) is 0 Å². The molecule has 0 bridgehead atoms. The molecule has 0 aromatic heterocycles. The van der Waals surface area contributed by atoms with Crippen LogP contribution in [0.25, 0.3) is 0 Å². The Kier molecular flexibility index (Phi) is 4.58. The molecule has 1 aliphatic rings. The van der Waals surface area contributed by atoms with Crippen molar-refractivity contribution in [1.29, 1.82) is 5.26 Å². The summed E-state index contributed by atoms with van der Waals surface area (Å²) in [5.41, 5.74) is 0.475. The highest BCUT2D eigenvalue weighted by molar-refractivity contribution is 5.97. The van der Waals surface area contributed by atoms with E-state index in [-0.39, 0.29) is 17.2 Å². The highest BCUT2D eigenvalue weighted by Gasteiger charge is 2.19. The molecule has 0 atom stereocenters. The van der Waals surface area contributed by atoms with E-state index in [0.29, 0.717) is 18.8 Å². The van der Waals surface area contributed by atoms with Gasteiger partial charge in [0, 0.05) is 32.4 Å². The van der Waals surface area contributed by atoms with Crippen LogP contribution in [0.5, 0.6) is 5.75 Å². The number of aromatic hydroxyl groups is 1. The van der Waals surface area contributed by atoms with E-state index in [2.05, 4.69) is 10.6 Å². The third-order valence-electron chi connectivity index (χ3n) is 3.03. The molecule has 0 radical (unpaired) electrons. The molecule has 6 heteroatoms. The smallest absolute Gasteiger partial charge is 0.266 e. The van der Waals surface area contributed by atoms with E-state index in [0.717, 1.165) is 13.1 Å². The maximum Gasteiger partial charge on any atom is 0.266 e. The Hall–Kier alpha value is -2.52. The summed E-state index contributed by atoms with van der Waals surface area (Å²) in [6, 6.07) is 8.53. The molecular formula is C14H16N4O2. The summed E-state index contributed by atoms with van der Waals surface area (Å²) in [7, 11) is 0. The highest BCUT2D eigenvalue weighted by atomic mass is 16.3. The zero-order valence-corrected chi connectivity index (χ0v) is 11.0. The maximum absolute atomic E-state index is 12.1. The van der Waals surface area contributed by atoms with Gasteiger partial charge in [-0.25, -0.2) is 0 Å². The average molecular weight is 272 g/mol. The standard InChI is InChI=1S/C14H16N4O2/c15-9-11(14(20)18-7-5-16-6-8-18)10-17-12-3-1-2-4-13(12)19/h1-4,10,16-17,19H,5-8H2/b11-10-. The number of nitrogens with one attached hydrogen (secondary N) is 2. The van der Waals surface area contributed by atoms with Crippen molar-refractivity contribution in [3.05, 3.63) is 36.0 Å². The Bertz CT molecular complexity index is 557. The molecule has 3 N–H and O–H groups in total. The van der Waals surface area contributed by atoms with Gasteiger partial charge in [0.2, 0.25) is 0 Å². The largest absolute Gasteiger partial charge is 0.506 e. The lowest BCUT2D eigenvalue weighted by Gasteiger charge is -2.27. The number of nitriles is 1. The summed E-state index contributed by atoms with van der Waals surface area (Å²) in [4.78, 5) is 13.8. The molecule has 20 heavy (non-hydrogen) atoms. The van der Waals surface area contributed by atoms with Crippen LogP contribution in [0.4, 0.5) is 5.69 Å². The van der Waals surface area contributed by atoms with Crippen molar-refractivity contribution >= 4 is 11.6 Å². The van der Waals surface area contributed by atoms with E-state index in [1.807, 2.05) is 6.07 Å². The number of phenolic OH excluding ortho intramolecular Hbond substituents is 1. The van der Waals surface area contributed by atoms with Crippen molar-refractivity contribution in [2.24, 2.45) is 0 Å². The molecule has 104 valence electrons. The van der Waals surface area contributed by atoms with Crippen LogP contribution in [0.3, 0.4) is 0 Å². The van der Waals surface area contributed by atoms with Crippen LogP contribution >= 0.6 is 0 Å². The fourth-order valence-electron chi connectivity index (χ4n) is 1.93. The number of carbonyl (C=O) groups excluding carboxylic acids is 1. The number of anilines is 1. The third-order valence-corrected chi connectivity index (χ3v) is 3.03. The lowest BCUT2D eigenvalue weighted by Crippen LogP contribution is -2.46. The fourth-order valence-corrected chi connectivity index (χ4v) is 1.93. The minimum atomic E-state index is -0.295. The molecule has 2 rings (SSSR count). The predicted octanol–water partition coefficient (Wildman–Crippen LogP) is 0.643.